The fourth-order valence-electron chi connectivity index (χ4n) is 3.03. The molecule has 1 aliphatic heterocycles. The van der Waals surface area contributed by atoms with E-state index in [1.54, 1.807) is 5.38 Å². The average molecular weight is 309 g/mol. The number of amides is 4. The number of aromatic nitrogens is 1. The number of rotatable bonds is 2. The number of urea groups is 1. The normalized spacial score (nSPS) is 21.7. The van der Waals surface area contributed by atoms with Crippen molar-refractivity contribution >= 4 is 29.2 Å². The third-order valence-electron chi connectivity index (χ3n) is 4.16. The molecule has 0 radical (unpaired) electrons. The first-order valence-electron chi connectivity index (χ1n) is 6.87. The summed E-state index contributed by atoms with van der Waals surface area (Å²) in [7, 11) is 0. The Morgan fingerprint density at radius 2 is 1.86 bits per heavy atom. The third-order valence-corrected chi connectivity index (χ3v) is 4.88. The zero-order chi connectivity index (χ0) is 15.0. The highest BCUT2D eigenvalue weighted by Gasteiger charge is 2.53. The monoisotopic (exact) mass is 309 g/mol. The molecule has 8 heteroatoms. The van der Waals surface area contributed by atoms with Gasteiger partial charge in [0.1, 0.15) is 5.41 Å². The van der Waals surface area contributed by atoms with E-state index < -0.39 is 23.3 Å². The van der Waals surface area contributed by atoms with Crippen molar-refractivity contribution in [1.82, 2.24) is 15.2 Å². The molecule has 2 fully saturated rings. The number of nitrogens with one attached hydrogen (secondary N) is 2. The van der Waals surface area contributed by atoms with Crippen LogP contribution in [0.25, 0.3) is 0 Å². The van der Waals surface area contributed by atoms with Crippen LogP contribution >= 0.6 is 11.3 Å². The van der Waals surface area contributed by atoms with Crippen molar-refractivity contribution < 1.29 is 14.4 Å². The van der Waals surface area contributed by atoms with Gasteiger partial charge in [0.15, 0.2) is 0 Å². The molecule has 1 saturated heterocycles. The zero-order valence-electron chi connectivity index (χ0n) is 11.3. The van der Waals surface area contributed by atoms with E-state index in [-0.39, 0.29) is 11.4 Å². The van der Waals surface area contributed by atoms with Gasteiger partial charge in [0.2, 0.25) is 11.8 Å². The summed E-state index contributed by atoms with van der Waals surface area (Å²) in [5.74, 6) is -0.921. The number of thiazole rings is 1. The Balaban J connectivity index is 1.89. The standard InChI is InChI=1S/C13H15N3O4S/c17-9-13(4-2-1-3-5-13)10(18)16(11(19)15-9)6-8-7-21-12(20)14-8/h7H,1-6H2,(H,14,20)(H,15,17,19). The van der Waals surface area contributed by atoms with Crippen molar-refractivity contribution in [3.8, 4) is 0 Å². The van der Waals surface area contributed by atoms with E-state index in [0.717, 1.165) is 35.5 Å². The van der Waals surface area contributed by atoms with Crippen molar-refractivity contribution in [1.29, 1.82) is 0 Å². The van der Waals surface area contributed by atoms with Crippen LogP contribution in [-0.4, -0.2) is 27.7 Å². The van der Waals surface area contributed by atoms with Gasteiger partial charge in [-0.1, -0.05) is 30.6 Å². The number of imide groups is 2. The molecule has 1 aliphatic carbocycles. The topological polar surface area (TPSA) is 99.3 Å². The second-order valence-electron chi connectivity index (χ2n) is 5.47. The molecule has 2 aliphatic rings. The maximum atomic E-state index is 12.7. The molecular weight excluding hydrogens is 294 g/mol. The van der Waals surface area contributed by atoms with Crippen LogP contribution in [0, 0.1) is 5.41 Å². The fraction of sp³-hybridized carbons (Fsp3) is 0.538. The van der Waals surface area contributed by atoms with E-state index in [9.17, 15) is 19.2 Å². The van der Waals surface area contributed by atoms with E-state index >= 15 is 0 Å². The molecule has 1 aromatic rings. The van der Waals surface area contributed by atoms with Gasteiger partial charge in [0.05, 0.1) is 6.54 Å². The second-order valence-corrected chi connectivity index (χ2v) is 6.31. The lowest BCUT2D eigenvalue weighted by Gasteiger charge is -2.41. The second kappa shape index (κ2) is 5.10. The number of H-pyrrole nitrogens is 1. The van der Waals surface area contributed by atoms with E-state index in [0.29, 0.717) is 18.5 Å². The molecule has 2 N–H and O–H groups in total. The zero-order valence-corrected chi connectivity index (χ0v) is 12.1. The molecule has 0 atom stereocenters. The van der Waals surface area contributed by atoms with E-state index in [4.69, 9.17) is 0 Å². The molecule has 1 aromatic heterocycles. The van der Waals surface area contributed by atoms with E-state index in [2.05, 4.69) is 10.3 Å². The third kappa shape index (κ3) is 2.29. The summed E-state index contributed by atoms with van der Waals surface area (Å²) < 4.78 is 0. The number of hydrogen-bond donors (Lipinski definition) is 2. The molecule has 0 unspecified atom stereocenters. The molecule has 21 heavy (non-hydrogen) atoms. The summed E-state index contributed by atoms with van der Waals surface area (Å²) in [5, 5.41) is 3.86. The number of barbiturate groups is 1. The molecule has 1 saturated carbocycles. The summed E-state index contributed by atoms with van der Waals surface area (Å²) in [6, 6.07) is -0.715. The molecule has 3 rings (SSSR count). The quantitative estimate of drug-likeness (QED) is 0.795. The number of nitrogens with zero attached hydrogens (tertiary/aromatic N) is 1. The van der Waals surface area contributed by atoms with Crippen molar-refractivity contribution in [3.63, 3.8) is 0 Å². The summed E-state index contributed by atoms with van der Waals surface area (Å²) in [6.45, 7) is -0.0154. The molecule has 2 heterocycles. The minimum absolute atomic E-state index is 0.0154. The predicted octanol–water partition coefficient (Wildman–Crippen LogP) is 0.965. The Morgan fingerprint density at radius 3 is 2.48 bits per heavy atom. The molecule has 0 aromatic carbocycles. The summed E-state index contributed by atoms with van der Waals surface area (Å²) >= 11 is 0.975. The first-order chi connectivity index (χ1) is 10.0. The van der Waals surface area contributed by atoms with Crippen LogP contribution in [-0.2, 0) is 16.1 Å². The molecule has 112 valence electrons. The Morgan fingerprint density at radius 1 is 1.14 bits per heavy atom. The van der Waals surface area contributed by atoms with Gasteiger partial charge < -0.3 is 4.98 Å². The highest BCUT2D eigenvalue weighted by Crippen LogP contribution is 2.40. The lowest BCUT2D eigenvalue weighted by Crippen LogP contribution is -2.64. The molecular formula is C13H15N3O4S. The summed E-state index contributed by atoms with van der Waals surface area (Å²) in [4.78, 5) is 51.3. The largest absolute Gasteiger partial charge is 0.331 e. The first-order valence-corrected chi connectivity index (χ1v) is 7.75. The number of aromatic amines is 1. The van der Waals surface area contributed by atoms with Crippen LogP contribution in [0.5, 0.6) is 0 Å². The molecule has 1 spiro atoms. The first kappa shape index (κ1) is 14.0. The van der Waals surface area contributed by atoms with Gasteiger partial charge in [0.25, 0.3) is 0 Å². The lowest BCUT2D eigenvalue weighted by atomic mass is 9.71. The predicted molar refractivity (Wildman–Crippen MR) is 74.5 cm³/mol. The maximum Gasteiger partial charge on any atom is 0.331 e. The van der Waals surface area contributed by atoms with E-state index in [1.807, 2.05) is 0 Å². The lowest BCUT2D eigenvalue weighted by molar-refractivity contribution is -0.154. The Hall–Kier alpha value is -1.96. The van der Waals surface area contributed by atoms with Gasteiger partial charge in [-0.15, -0.1) is 0 Å². The van der Waals surface area contributed by atoms with Crippen molar-refractivity contribution in [2.45, 2.75) is 38.6 Å². The summed E-state index contributed by atoms with van der Waals surface area (Å²) in [5.41, 5.74) is -0.614. The van der Waals surface area contributed by atoms with E-state index in [1.165, 1.54) is 0 Å². The van der Waals surface area contributed by atoms with Gasteiger partial charge in [-0.3, -0.25) is 24.6 Å². The van der Waals surface area contributed by atoms with Crippen molar-refractivity contribution in [2.75, 3.05) is 0 Å². The average Bonchev–Trinajstić information content (AvgIpc) is 2.88. The Labute approximate surface area is 124 Å². The molecule has 0 bridgehead atoms. The Bertz CT molecular complexity index is 656. The number of carbonyl (C=O) groups is 3. The maximum absolute atomic E-state index is 12.7. The van der Waals surface area contributed by atoms with Crippen LogP contribution in [0.1, 0.15) is 37.8 Å². The number of hydrogen-bond acceptors (Lipinski definition) is 5. The van der Waals surface area contributed by atoms with Gasteiger partial charge in [-0.05, 0) is 12.8 Å². The van der Waals surface area contributed by atoms with Crippen LogP contribution in [0.2, 0.25) is 0 Å². The van der Waals surface area contributed by atoms with Gasteiger partial charge in [0, 0.05) is 11.1 Å². The minimum Gasteiger partial charge on any atom is -0.315 e. The fourth-order valence-corrected chi connectivity index (χ4v) is 3.61. The van der Waals surface area contributed by atoms with Crippen molar-refractivity contribution in [3.05, 3.63) is 20.7 Å². The van der Waals surface area contributed by atoms with Gasteiger partial charge in [-0.25, -0.2) is 4.79 Å². The highest BCUT2D eigenvalue weighted by molar-refractivity contribution is 7.07. The van der Waals surface area contributed by atoms with Crippen LogP contribution in [0.3, 0.4) is 0 Å². The Kier molecular flexibility index (Phi) is 3.40. The van der Waals surface area contributed by atoms with Gasteiger partial charge in [-0.2, -0.15) is 0 Å². The van der Waals surface area contributed by atoms with Crippen LogP contribution in [0.4, 0.5) is 4.79 Å². The SMILES string of the molecule is O=C1NC(=O)C2(CCCCC2)C(=O)N1Cc1csc(=O)[nH]1. The van der Waals surface area contributed by atoms with Crippen LogP contribution in [0.15, 0.2) is 10.2 Å². The number of carbonyl (C=O) groups excluding carboxylic acids is 3. The van der Waals surface area contributed by atoms with Gasteiger partial charge >= 0.3 is 10.9 Å². The molecule has 7 nitrogen and oxygen atoms in total. The summed E-state index contributed by atoms with van der Waals surface area (Å²) in [6.07, 6.45) is 3.55. The van der Waals surface area contributed by atoms with Crippen LogP contribution < -0.4 is 10.2 Å². The molecule has 4 amide bonds. The smallest absolute Gasteiger partial charge is 0.315 e. The highest BCUT2D eigenvalue weighted by atomic mass is 32.1. The minimum atomic E-state index is -1.11. The van der Waals surface area contributed by atoms with Crippen molar-refractivity contribution in [2.24, 2.45) is 5.41 Å².